The number of nitrogens with one attached hydrogen (secondary N) is 1. The molecule has 0 bridgehead atoms. The van der Waals surface area contributed by atoms with Crippen LogP contribution in [0.15, 0.2) is 53.6 Å². The monoisotopic (exact) mass is 417 g/mol. The Balaban J connectivity index is 1.69. The number of rotatable bonds is 10. The van der Waals surface area contributed by atoms with Gasteiger partial charge in [-0.1, -0.05) is 12.1 Å². The molecule has 0 fully saturated rings. The molecule has 0 radical (unpaired) electrons. The largest absolute Gasteiger partial charge is 0.482 e. The van der Waals surface area contributed by atoms with E-state index in [0.717, 1.165) is 11.1 Å². The van der Waals surface area contributed by atoms with Crippen molar-refractivity contribution >= 4 is 35.5 Å². The maximum atomic E-state index is 11.8. The standard InChI is InChI=1S/C19H19N3O6S/c1-27-19(24)11-28-17-8-4-14(5-9-17)10-20-21-18(23)13-29-12-15-2-6-16(7-3-15)22(25)26/h2-10H,11-13H2,1H3,(H,21,23)/b20-10-. The smallest absolute Gasteiger partial charge is 0.343 e. The van der Waals surface area contributed by atoms with Crippen molar-refractivity contribution in [2.75, 3.05) is 19.5 Å². The van der Waals surface area contributed by atoms with Crippen molar-refractivity contribution < 1.29 is 24.0 Å². The summed E-state index contributed by atoms with van der Waals surface area (Å²) in [5.74, 6) is 0.548. The molecule has 10 heteroatoms. The highest BCUT2D eigenvalue weighted by molar-refractivity contribution is 7.99. The SMILES string of the molecule is COC(=O)COc1ccc(/C=N\NC(=O)CSCc2ccc([N+](=O)[O-])cc2)cc1. The molecule has 2 aromatic rings. The fraction of sp³-hybridized carbons (Fsp3) is 0.211. The van der Waals surface area contributed by atoms with Crippen LogP contribution < -0.4 is 10.2 Å². The van der Waals surface area contributed by atoms with E-state index in [0.29, 0.717) is 11.5 Å². The molecule has 0 saturated heterocycles. The number of carbonyl (C=O) groups is 2. The van der Waals surface area contributed by atoms with Crippen LogP contribution >= 0.6 is 11.8 Å². The zero-order valence-corrected chi connectivity index (χ0v) is 16.4. The van der Waals surface area contributed by atoms with E-state index in [1.54, 1.807) is 36.4 Å². The van der Waals surface area contributed by atoms with Crippen molar-refractivity contribution in [3.63, 3.8) is 0 Å². The predicted molar refractivity (Wildman–Crippen MR) is 109 cm³/mol. The Labute approximate surface area is 171 Å². The van der Waals surface area contributed by atoms with Gasteiger partial charge in [0, 0.05) is 17.9 Å². The Bertz CT molecular complexity index is 869. The summed E-state index contributed by atoms with van der Waals surface area (Å²) >= 11 is 1.38. The number of esters is 1. The molecule has 0 unspecified atom stereocenters. The number of carbonyl (C=O) groups excluding carboxylic acids is 2. The Morgan fingerprint density at radius 1 is 1.17 bits per heavy atom. The van der Waals surface area contributed by atoms with Gasteiger partial charge in [-0.3, -0.25) is 14.9 Å². The predicted octanol–water partition coefficient (Wildman–Crippen LogP) is 2.53. The quantitative estimate of drug-likeness (QED) is 0.273. The van der Waals surface area contributed by atoms with Crippen LogP contribution in [0, 0.1) is 10.1 Å². The second kappa shape index (κ2) is 11.4. The van der Waals surface area contributed by atoms with E-state index >= 15 is 0 Å². The third-order valence-corrected chi connectivity index (χ3v) is 4.52. The van der Waals surface area contributed by atoms with E-state index < -0.39 is 10.9 Å². The molecular formula is C19H19N3O6S. The summed E-state index contributed by atoms with van der Waals surface area (Å²) < 4.78 is 9.72. The van der Waals surface area contributed by atoms with Gasteiger partial charge in [-0.05, 0) is 35.4 Å². The Morgan fingerprint density at radius 3 is 2.48 bits per heavy atom. The fourth-order valence-corrected chi connectivity index (χ4v) is 2.82. The average Bonchev–Trinajstić information content (AvgIpc) is 2.73. The Hall–Kier alpha value is -3.40. The fourth-order valence-electron chi connectivity index (χ4n) is 2.04. The molecule has 2 rings (SSSR count). The van der Waals surface area contributed by atoms with E-state index in [4.69, 9.17) is 4.74 Å². The summed E-state index contributed by atoms with van der Waals surface area (Å²) in [5.41, 5.74) is 4.11. The lowest BCUT2D eigenvalue weighted by Crippen LogP contribution is -2.19. The van der Waals surface area contributed by atoms with Crippen molar-refractivity contribution in [2.45, 2.75) is 5.75 Å². The molecule has 152 valence electrons. The zero-order chi connectivity index (χ0) is 21.1. The average molecular weight is 417 g/mol. The number of hydrazone groups is 1. The Kier molecular flexibility index (Phi) is 8.64. The maximum absolute atomic E-state index is 11.8. The third kappa shape index (κ3) is 8.01. The van der Waals surface area contributed by atoms with Gasteiger partial charge in [-0.15, -0.1) is 11.8 Å². The van der Waals surface area contributed by atoms with Crippen LogP contribution in [0.25, 0.3) is 0 Å². The van der Waals surface area contributed by atoms with E-state index in [-0.39, 0.29) is 24.0 Å². The van der Waals surface area contributed by atoms with Gasteiger partial charge in [-0.2, -0.15) is 5.10 Å². The molecule has 0 atom stereocenters. The molecule has 29 heavy (non-hydrogen) atoms. The molecule has 0 aliphatic rings. The highest BCUT2D eigenvalue weighted by Crippen LogP contribution is 2.16. The van der Waals surface area contributed by atoms with Crippen LogP contribution in [-0.2, 0) is 20.1 Å². The van der Waals surface area contributed by atoms with Crippen molar-refractivity contribution in [1.29, 1.82) is 0 Å². The van der Waals surface area contributed by atoms with Crippen molar-refractivity contribution in [2.24, 2.45) is 5.10 Å². The third-order valence-electron chi connectivity index (χ3n) is 3.52. The minimum atomic E-state index is -0.468. The summed E-state index contributed by atoms with van der Waals surface area (Å²) in [7, 11) is 1.29. The second-order valence-electron chi connectivity index (χ2n) is 5.64. The first kappa shape index (κ1) is 21.9. The lowest BCUT2D eigenvalue weighted by atomic mass is 10.2. The number of nitrogens with zero attached hydrogens (tertiary/aromatic N) is 2. The van der Waals surface area contributed by atoms with E-state index in [1.807, 2.05) is 0 Å². The number of hydrogen-bond acceptors (Lipinski definition) is 8. The Morgan fingerprint density at radius 2 is 1.86 bits per heavy atom. The van der Waals surface area contributed by atoms with Crippen molar-refractivity contribution in [3.8, 4) is 5.75 Å². The van der Waals surface area contributed by atoms with Gasteiger partial charge in [0.05, 0.1) is 24.0 Å². The number of nitro groups is 1. The molecule has 0 saturated carbocycles. The molecule has 1 N–H and O–H groups in total. The number of benzene rings is 2. The summed E-state index contributed by atoms with van der Waals surface area (Å²) in [6.07, 6.45) is 1.49. The molecule has 0 spiro atoms. The van der Waals surface area contributed by atoms with Crippen LogP contribution in [-0.4, -0.2) is 42.5 Å². The number of amides is 1. The first-order valence-electron chi connectivity index (χ1n) is 8.40. The summed E-state index contributed by atoms with van der Waals surface area (Å²) in [6.45, 7) is -0.169. The number of methoxy groups -OCH3 is 1. The van der Waals surface area contributed by atoms with Gasteiger partial charge >= 0.3 is 5.97 Å². The van der Waals surface area contributed by atoms with E-state index in [9.17, 15) is 19.7 Å². The summed E-state index contributed by atoms with van der Waals surface area (Å²) in [6, 6.07) is 13.0. The second-order valence-corrected chi connectivity index (χ2v) is 6.63. The topological polar surface area (TPSA) is 120 Å². The molecule has 0 aromatic heterocycles. The molecule has 0 heterocycles. The molecule has 0 aliphatic heterocycles. The molecule has 2 aromatic carbocycles. The number of ether oxygens (including phenoxy) is 2. The first-order valence-corrected chi connectivity index (χ1v) is 9.56. The lowest BCUT2D eigenvalue weighted by molar-refractivity contribution is -0.384. The van der Waals surface area contributed by atoms with Crippen LogP contribution in [0.2, 0.25) is 0 Å². The normalized spacial score (nSPS) is 10.5. The van der Waals surface area contributed by atoms with Crippen LogP contribution in [0.4, 0.5) is 5.69 Å². The summed E-state index contributed by atoms with van der Waals surface area (Å²) in [5, 5.41) is 14.5. The minimum Gasteiger partial charge on any atom is -0.482 e. The van der Waals surface area contributed by atoms with Gasteiger partial charge in [-0.25, -0.2) is 10.2 Å². The van der Waals surface area contributed by atoms with Crippen molar-refractivity contribution in [3.05, 3.63) is 69.8 Å². The molecule has 1 amide bonds. The van der Waals surface area contributed by atoms with Gasteiger partial charge < -0.3 is 9.47 Å². The number of nitro benzene ring substituents is 1. The molecular weight excluding hydrogens is 398 g/mol. The minimum absolute atomic E-state index is 0.0360. The van der Waals surface area contributed by atoms with Gasteiger partial charge in [0.25, 0.3) is 5.69 Å². The number of non-ortho nitro benzene ring substituents is 1. The number of hydrogen-bond donors (Lipinski definition) is 1. The highest BCUT2D eigenvalue weighted by Gasteiger charge is 2.05. The summed E-state index contributed by atoms with van der Waals surface area (Å²) in [4.78, 5) is 33.0. The van der Waals surface area contributed by atoms with Crippen LogP contribution in [0.1, 0.15) is 11.1 Å². The molecule has 0 aliphatic carbocycles. The van der Waals surface area contributed by atoms with Gasteiger partial charge in [0.15, 0.2) is 6.61 Å². The maximum Gasteiger partial charge on any atom is 0.343 e. The highest BCUT2D eigenvalue weighted by atomic mass is 32.2. The van der Waals surface area contributed by atoms with Gasteiger partial charge in [0.2, 0.25) is 5.91 Å². The van der Waals surface area contributed by atoms with Crippen molar-refractivity contribution in [1.82, 2.24) is 5.43 Å². The van der Waals surface area contributed by atoms with Crippen LogP contribution in [0.3, 0.4) is 0 Å². The van der Waals surface area contributed by atoms with E-state index in [1.165, 1.54) is 37.2 Å². The zero-order valence-electron chi connectivity index (χ0n) is 15.6. The molecule has 9 nitrogen and oxygen atoms in total. The van der Waals surface area contributed by atoms with Crippen LogP contribution in [0.5, 0.6) is 5.75 Å². The van der Waals surface area contributed by atoms with E-state index in [2.05, 4.69) is 15.3 Å². The lowest BCUT2D eigenvalue weighted by Gasteiger charge is -2.04. The van der Waals surface area contributed by atoms with Gasteiger partial charge in [0.1, 0.15) is 5.75 Å². The number of thioether (sulfide) groups is 1. The first-order chi connectivity index (χ1) is 14.0.